The number of rotatable bonds is 3. The van der Waals surface area contributed by atoms with E-state index >= 15 is 0 Å². The van der Waals surface area contributed by atoms with Crippen LogP contribution in [0.4, 0.5) is 0 Å². The Balaban J connectivity index is 1.81. The molecule has 0 spiro atoms. The number of thioether (sulfide) groups is 1. The molecule has 0 radical (unpaired) electrons. The van der Waals surface area contributed by atoms with Crippen molar-refractivity contribution in [3.05, 3.63) is 66.5 Å². The summed E-state index contributed by atoms with van der Waals surface area (Å²) in [5.41, 5.74) is 5.16. The van der Waals surface area contributed by atoms with Crippen LogP contribution in [0.25, 0.3) is 44.3 Å². The fraction of sp³-hybridized carbons (Fsp3) is 0.167. The van der Waals surface area contributed by atoms with Crippen molar-refractivity contribution in [1.29, 1.82) is 0 Å². The summed E-state index contributed by atoms with van der Waals surface area (Å²) in [4.78, 5) is 10.2. The molecule has 5 rings (SSSR count). The highest BCUT2D eigenvalue weighted by molar-refractivity contribution is 8.02. The topological polar surface area (TPSA) is 52.1 Å². The Kier molecular flexibility index (Phi) is 4.03. The third-order valence-corrected chi connectivity index (χ3v) is 5.90. The standard InChI is InChI=1S/C24H20N2O2S/c1-5-29-18-9-7-15(12-17(18)24(2,3)4)20-19-16-8-6-14-10-11-27-21(14)22(16)28-23(19)26-13-25-20/h5-13H,1H2,2-4H3. The van der Waals surface area contributed by atoms with Gasteiger partial charge in [0.15, 0.2) is 11.2 Å². The second-order valence-corrected chi connectivity index (χ2v) is 9.04. The molecule has 4 nitrogen and oxygen atoms in total. The zero-order valence-electron chi connectivity index (χ0n) is 16.5. The Hall–Kier alpha value is -3.05. The monoisotopic (exact) mass is 400 g/mol. The summed E-state index contributed by atoms with van der Waals surface area (Å²) in [5, 5.41) is 4.74. The molecule has 2 aromatic carbocycles. The van der Waals surface area contributed by atoms with E-state index in [4.69, 9.17) is 8.83 Å². The molecule has 0 aliphatic rings. The maximum absolute atomic E-state index is 6.08. The van der Waals surface area contributed by atoms with Gasteiger partial charge < -0.3 is 8.83 Å². The van der Waals surface area contributed by atoms with Crippen LogP contribution in [0.1, 0.15) is 26.3 Å². The van der Waals surface area contributed by atoms with E-state index < -0.39 is 0 Å². The van der Waals surface area contributed by atoms with Crippen LogP contribution < -0.4 is 0 Å². The second kappa shape index (κ2) is 6.49. The third-order valence-electron chi connectivity index (χ3n) is 5.13. The van der Waals surface area contributed by atoms with Crippen LogP contribution in [-0.2, 0) is 5.41 Å². The van der Waals surface area contributed by atoms with Gasteiger partial charge in [0.25, 0.3) is 0 Å². The van der Waals surface area contributed by atoms with Crippen LogP contribution in [0.5, 0.6) is 0 Å². The van der Waals surface area contributed by atoms with Crippen molar-refractivity contribution in [3.63, 3.8) is 0 Å². The molecule has 5 aromatic rings. The highest BCUT2D eigenvalue weighted by Gasteiger charge is 2.22. The molecule has 0 N–H and O–H groups in total. The quantitative estimate of drug-likeness (QED) is 0.297. The summed E-state index contributed by atoms with van der Waals surface area (Å²) in [5.74, 6) is 0. The molecule has 29 heavy (non-hydrogen) atoms. The van der Waals surface area contributed by atoms with Gasteiger partial charge in [-0.25, -0.2) is 9.97 Å². The predicted molar refractivity (Wildman–Crippen MR) is 119 cm³/mol. The van der Waals surface area contributed by atoms with Crippen molar-refractivity contribution in [2.75, 3.05) is 0 Å². The number of benzene rings is 2. The van der Waals surface area contributed by atoms with Crippen molar-refractivity contribution in [2.45, 2.75) is 31.1 Å². The minimum absolute atomic E-state index is 0.00764. The first-order valence-electron chi connectivity index (χ1n) is 9.43. The SMILES string of the molecule is C=CSc1ccc(-c2ncnc3oc4c(ccc5ccoc54)c23)cc1C(C)(C)C. The maximum Gasteiger partial charge on any atom is 0.231 e. The van der Waals surface area contributed by atoms with Crippen LogP contribution >= 0.6 is 11.8 Å². The lowest BCUT2D eigenvalue weighted by atomic mass is 9.85. The molecule has 3 aromatic heterocycles. The molecular weight excluding hydrogens is 380 g/mol. The van der Waals surface area contributed by atoms with Gasteiger partial charge >= 0.3 is 0 Å². The smallest absolute Gasteiger partial charge is 0.231 e. The highest BCUT2D eigenvalue weighted by atomic mass is 32.2. The first-order chi connectivity index (χ1) is 14.0. The fourth-order valence-corrected chi connectivity index (χ4v) is 4.58. The summed E-state index contributed by atoms with van der Waals surface area (Å²) in [7, 11) is 0. The van der Waals surface area contributed by atoms with Crippen molar-refractivity contribution in [3.8, 4) is 11.3 Å². The van der Waals surface area contributed by atoms with Crippen LogP contribution in [-0.4, -0.2) is 9.97 Å². The first kappa shape index (κ1) is 18.0. The summed E-state index contributed by atoms with van der Waals surface area (Å²) in [6.45, 7) is 10.5. The molecule has 0 amide bonds. The van der Waals surface area contributed by atoms with E-state index in [0.717, 1.165) is 33.0 Å². The maximum atomic E-state index is 6.08. The minimum Gasteiger partial charge on any atom is -0.460 e. The molecule has 3 heterocycles. The largest absolute Gasteiger partial charge is 0.460 e. The van der Waals surface area contributed by atoms with Crippen molar-refractivity contribution < 1.29 is 8.83 Å². The lowest BCUT2D eigenvalue weighted by Crippen LogP contribution is -2.12. The number of nitrogens with zero attached hydrogens (tertiary/aromatic N) is 2. The number of aromatic nitrogens is 2. The molecular formula is C24H20N2O2S. The number of furan rings is 2. The van der Waals surface area contributed by atoms with Gasteiger partial charge in [-0.15, -0.1) is 0 Å². The molecule has 0 bridgehead atoms. The zero-order valence-corrected chi connectivity index (χ0v) is 17.3. The second-order valence-electron chi connectivity index (χ2n) is 8.03. The van der Waals surface area contributed by atoms with Crippen LogP contribution in [0, 0.1) is 0 Å². The molecule has 0 aliphatic carbocycles. The molecule has 0 saturated heterocycles. The lowest BCUT2D eigenvalue weighted by molar-refractivity contribution is 0.578. The molecule has 0 unspecified atom stereocenters. The summed E-state index contributed by atoms with van der Waals surface area (Å²) < 4.78 is 11.7. The van der Waals surface area contributed by atoms with Crippen LogP contribution in [0.15, 0.2) is 74.7 Å². The fourth-order valence-electron chi connectivity index (χ4n) is 3.77. The number of fused-ring (bicyclic) bond motifs is 5. The van der Waals surface area contributed by atoms with E-state index in [1.165, 1.54) is 10.5 Å². The van der Waals surface area contributed by atoms with Gasteiger partial charge in [0.1, 0.15) is 6.33 Å². The van der Waals surface area contributed by atoms with E-state index in [0.29, 0.717) is 11.3 Å². The van der Waals surface area contributed by atoms with Crippen molar-refractivity contribution in [1.82, 2.24) is 9.97 Å². The minimum atomic E-state index is -0.00764. The number of hydrogen-bond donors (Lipinski definition) is 0. The average Bonchev–Trinajstić information content (AvgIpc) is 3.31. The first-order valence-corrected chi connectivity index (χ1v) is 10.3. The highest BCUT2D eigenvalue weighted by Crippen LogP contribution is 2.40. The molecule has 0 aliphatic heterocycles. The van der Waals surface area contributed by atoms with Crippen LogP contribution in [0.3, 0.4) is 0 Å². The van der Waals surface area contributed by atoms with E-state index in [1.54, 1.807) is 24.4 Å². The Morgan fingerprint density at radius 2 is 1.90 bits per heavy atom. The Morgan fingerprint density at radius 3 is 2.69 bits per heavy atom. The summed E-state index contributed by atoms with van der Waals surface area (Å²) in [6, 6.07) is 12.5. The molecule has 5 heteroatoms. The van der Waals surface area contributed by atoms with E-state index in [-0.39, 0.29) is 5.41 Å². The average molecular weight is 401 g/mol. The predicted octanol–water partition coefficient (Wildman–Crippen LogP) is 7.32. The van der Waals surface area contributed by atoms with E-state index in [1.807, 2.05) is 17.5 Å². The van der Waals surface area contributed by atoms with Crippen molar-refractivity contribution >= 4 is 44.8 Å². The van der Waals surface area contributed by atoms with Gasteiger partial charge in [-0.05, 0) is 40.7 Å². The number of hydrogen-bond acceptors (Lipinski definition) is 5. The molecule has 144 valence electrons. The molecule has 0 fully saturated rings. The summed E-state index contributed by atoms with van der Waals surface area (Å²) >= 11 is 1.64. The van der Waals surface area contributed by atoms with Crippen molar-refractivity contribution in [2.24, 2.45) is 0 Å². The van der Waals surface area contributed by atoms with E-state index in [2.05, 4.69) is 61.6 Å². The van der Waals surface area contributed by atoms with Gasteiger partial charge in [0.05, 0.1) is 17.3 Å². The molecule has 0 saturated carbocycles. The lowest BCUT2D eigenvalue weighted by Gasteiger charge is -2.23. The Bertz CT molecular complexity index is 1390. The normalized spacial score (nSPS) is 12.2. The van der Waals surface area contributed by atoms with Gasteiger partial charge in [0, 0.05) is 21.2 Å². The van der Waals surface area contributed by atoms with Gasteiger partial charge in [-0.2, -0.15) is 0 Å². The zero-order chi connectivity index (χ0) is 20.2. The van der Waals surface area contributed by atoms with Gasteiger partial charge in [0.2, 0.25) is 5.71 Å². The Labute approximate surface area is 172 Å². The summed E-state index contributed by atoms with van der Waals surface area (Å²) in [6.07, 6.45) is 3.23. The van der Waals surface area contributed by atoms with E-state index in [9.17, 15) is 0 Å². The molecule has 0 atom stereocenters. The van der Waals surface area contributed by atoms with Gasteiger partial charge in [-0.3, -0.25) is 0 Å². The Morgan fingerprint density at radius 1 is 1.03 bits per heavy atom. The van der Waals surface area contributed by atoms with Crippen LogP contribution in [0.2, 0.25) is 0 Å². The third kappa shape index (κ3) is 2.85. The van der Waals surface area contributed by atoms with Gasteiger partial charge in [-0.1, -0.05) is 51.2 Å².